The van der Waals surface area contributed by atoms with Gasteiger partial charge in [0.25, 0.3) is 0 Å². The number of carboxylic acid groups (broad SMARTS) is 1. The molecule has 31 heavy (non-hydrogen) atoms. The maximum absolute atomic E-state index is 11.1. The maximum Gasteiger partial charge on any atom is 0.333 e. The third-order valence-electron chi connectivity index (χ3n) is 4.75. The smallest absolute Gasteiger partial charge is 0.333 e. The van der Waals surface area contributed by atoms with Crippen molar-refractivity contribution >= 4 is 17.6 Å². The quantitative estimate of drug-likeness (QED) is 0.399. The lowest BCUT2D eigenvalue weighted by Gasteiger charge is -2.13. The van der Waals surface area contributed by atoms with Crippen molar-refractivity contribution in [3.05, 3.63) is 83.4 Å². The second kappa shape index (κ2) is 11.4. The monoisotopic (exact) mass is 440 g/mol. The summed E-state index contributed by atoms with van der Waals surface area (Å²) in [7, 11) is 1.37. The molecule has 3 aromatic carbocycles. The van der Waals surface area contributed by atoms with Crippen molar-refractivity contribution < 1.29 is 24.1 Å². The molecule has 3 rings (SSSR count). The zero-order chi connectivity index (χ0) is 22.1. The number of benzene rings is 3. The molecule has 0 bridgehead atoms. The molecule has 1 unspecified atom stereocenters. The predicted octanol–water partition coefficient (Wildman–Crippen LogP) is 5.50. The Morgan fingerprint density at radius 1 is 0.935 bits per heavy atom. The average Bonchev–Trinajstić information content (AvgIpc) is 2.79. The van der Waals surface area contributed by atoms with Crippen LogP contribution in [0.15, 0.2) is 72.8 Å². The summed E-state index contributed by atoms with van der Waals surface area (Å²) in [4.78, 5) is 11.1. The third kappa shape index (κ3) is 6.74. The van der Waals surface area contributed by atoms with Gasteiger partial charge in [-0.05, 0) is 41.0 Å². The first-order chi connectivity index (χ1) is 15.1. The van der Waals surface area contributed by atoms with E-state index in [2.05, 4.69) is 12.1 Å². The summed E-state index contributed by atoms with van der Waals surface area (Å²) in [6.45, 7) is 0.978. The lowest BCUT2D eigenvalue weighted by atomic mass is 10.1. The van der Waals surface area contributed by atoms with Gasteiger partial charge in [-0.3, -0.25) is 0 Å². The van der Waals surface area contributed by atoms with Crippen molar-refractivity contribution in [2.45, 2.75) is 18.9 Å². The van der Waals surface area contributed by atoms with E-state index in [1.165, 1.54) is 12.7 Å². The molecular weight excluding hydrogens is 416 g/mol. The van der Waals surface area contributed by atoms with Crippen LogP contribution in [0.3, 0.4) is 0 Å². The van der Waals surface area contributed by atoms with E-state index in [-0.39, 0.29) is 6.42 Å². The number of hydrogen-bond donors (Lipinski definition) is 1. The van der Waals surface area contributed by atoms with Gasteiger partial charge in [-0.25, -0.2) is 4.79 Å². The molecule has 0 fully saturated rings. The van der Waals surface area contributed by atoms with E-state index in [1.807, 2.05) is 42.5 Å². The molecule has 162 valence electrons. The van der Waals surface area contributed by atoms with Crippen LogP contribution in [0, 0.1) is 0 Å². The van der Waals surface area contributed by atoms with Gasteiger partial charge in [0.15, 0.2) is 6.10 Å². The number of hydrogen-bond acceptors (Lipinski definition) is 4. The van der Waals surface area contributed by atoms with Crippen molar-refractivity contribution in [3.8, 4) is 22.6 Å². The van der Waals surface area contributed by atoms with Gasteiger partial charge in [0.1, 0.15) is 11.5 Å². The summed E-state index contributed by atoms with van der Waals surface area (Å²) in [6, 6.07) is 23.4. The van der Waals surface area contributed by atoms with E-state index >= 15 is 0 Å². The van der Waals surface area contributed by atoms with Crippen LogP contribution in [0.4, 0.5) is 0 Å². The molecule has 0 saturated carbocycles. The number of carboxylic acids is 1. The van der Waals surface area contributed by atoms with E-state index in [1.54, 1.807) is 18.2 Å². The van der Waals surface area contributed by atoms with E-state index in [9.17, 15) is 4.79 Å². The highest BCUT2D eigenvalue weighted by atomic mass is 35.5. The molecule has 3 aromatic rings. The van der Waals surface area contributed by atoms with Gasteiger partial charge in [0, 0.05) is 20.0 Å². The predicted molar refractivity (Wildman–Crippen MR) is 121 cm³/mol. The Morgan fingerprint density at radius 2 is 1.61 bits per heavy atom. The van der Waals surface area contributed by atoms with Crippen LogP contribution in [0.5, 0.6) is 11.5 Å². The van der Waals surface area contributed by atoms with Crippen LogP contribution >= 0.6 is 11.6 Å². The molecule has 6 heteroatoms. The standard InChI is InChI=1S/C25H25ClO5/c1-29-24(25(27)28)17-18-8-13-23(22(26)16-18)31-15-5-14-30-21-11-9-20(10-12-21)19-6-3-2-4-7-19/h2-4,6-13,16,24H,5,14-15,17H2,1H3,(H,27,28). The number of methoxy groups -OCH3 is 1. The Kier molecular flexibility index (Phi) is 8.33. The van der Waals surface area contributed by atoms with Crippen molar-refractivity contribution in [2.75, 3.05) is 20.3 Å². The minimum atomic E-state index is -1.01. The van der Waals surface area contributed by atoms with Gasteiger partial charge in [-0.1, -0.05) is 60.1 Å². The van der Waals surface area contributed by atoms with Gasteiger partial charge >= 0.3 is 5.97 Å². The highest BCUT2D eigenvalue weighted by Gasteiger charge is 2.17. The van der Waals surface area contributed by atoms with E-state index in [0.717, 1.165) is 16.9 Å². The molecular formula is C25H25ClO5. The third-order valence-corrected chi connectivity index (χ3v) is 5.05. The van der Waals surface area contributed by atoms with E-state index in [0.29, 0.717) is 30.4 Å². The Labute approximate surface area is 187 Å². The molecule has 0 aromatic heterocycles. The molecule has 0 amide bonds. The Hall–Kier alpha value is -3.02. The number of halogens is 1. The fourth-order valence-electron chi connectivity index (χ4n) is 3.08. The molecule has 1 atom stereocenters. The molecule has 5 nitrogen and oxygen atoms in total. The lowest BCUT2D eigenvalue weighted by molar-refractivity contribution is -0.148. The zero-order valence-electron chi connectivity index (χ0n) is 17.3. The first-order valence-corrected chi connectivity index (χ1v) is 10.4. The number of aliphatic carboxylic acids is 1. The fraction of sp³-hybridized carbons (Fsp3) is 0.240. The van der Waals surface area contributed by atoms with Crippen LogP contribution in [-0.4, -0.2) is 37.5 Å². The molecule has 0 aliphatic carbocycles. The van der Waals surface area contributed by atoms with Crippen LogP contribution in [-0.2, 0) is 16.0 Å². The largest absolute Gasteiger partial charge is 0.493 e. The molecule has 0 saturated heterocycles. The van der Waals surface area contributed by atoms with Crippen LogP contribution in [0.1, 0.15) is 12.0 Å². The van der Waals surface area contributed by atoms with Crippen molar-refractivity contribution in [2.24, 2.45) is 0 Å². The Morgan fingerprint density at radius 3 is 2.26 bits per heavy atom. The first kappa shape index (κ1) is 22.7. The van der Waals surface area contributed by atoms with Crippen LogP contribution < -0.4 is 9.47 Å². The summed E-state index contributed by atoms with van der Waals surface area (Å²) in [5, 5.41) is 9.52. The number of rotatable bonds is 11. The second-order valence-corrected chi connectivity index (χ2v) is 7.38. The summed E-state index contributed by atoms with van der Waals surface area (Å²) < 4.78 is 16.5. The van der Waals surface area contributed by atoms with Gasteiger partial charge in [-0.15, -0.1) is 0 Å². The summed E-state index contributed by atoms with van der Waals surface area (Å²) in [6.07, 6.45) is 0.0354. The average molecular weight is 441 g/mol. The Bertz CT molecular complexity index is 973. The highest BCUT2D eigenvalue weighted by molar-refractivity contribution is 6.32. The van der Waals surface area contributed by atoms with Crippen molar-refractivity contribution in [1.29, 1.82) is 0 Å². The lowest BCUT2D eigenvalue weighted by Crippen LogP contribution is -2.24. The molecule has 1 N–H and O–H groups in total. The zero-order valence-corrected chi connectivity index (χ0v) is 18.0. The van der Waals surface area contributed by atoms with Gasteiger partial charge in [0.2, 0.25) is 0 Å². The van der Waals surface area contributed by atoms with Crippen molar-refractivity contribution in [1.82, 2.24) is 0 Å². The van der Waals surface area contributed by atoms with E-state index < -0.39 is 12.1 Å². The summed E-state index contributed by atoms with van der Waals surface area (Å²) in [5.74, 6) is 0.365. The SMILES string of the molecule is COC(Cc1ccc(OCCCOc2ccc(-c3ccccc3)cc2)c(Cl)c1)C(=O)O. The first-order valence-electron chi connectivity index (χ1n) is 10.0. The van der Waals surface area contributed by atoms with Crippen LogP contribution in [0.25, 0.3) is 11.1 Å². The van der Waals surface area contributed by atoms with Gasteiger partial charge in [-0.2, -0.15) is 0 Å². The molecule has 0 aliphatic heterocycles. The highest BCUT2D eigenvalue weighted by Crippen LogP contribution is 2.26. The molecule has 0 radical (unpaired) electrons. The molecule has 0 aliphatic rings. The summed E-state index contributed by atoms with van der Waals surface area (Å²) in [5.41, 5.74) is 3.09. The topological polar surface area (TPSA) is 65.0 Å². The summed E-state index contributed by atoms with van der Waals surface area (Å²) >= 11 is 6.27. The van der Waals surface area contributed by atoms with Crippen LogP contribution in [0.2, 0.25) is 5.02 Å². The van der Waals surface area contributed by atoms with E-state index in [4.69, 9.17) is 30.9 Å². The number of ether oxygens (including phenoxy) is 3. The maximum atomic E-state index is 11.1. The second-order valence-electron chi connectivity index (χ2n) is 6.97. The van der Waals surface area contributed by atoms with Gasteiger partial charge in [0.05, 0.1) is 18.2 Å². The fourth-order valence-corrected chi connectivity index (χ4v) is 3.34. The van der Waals surface area contributed by atoms with Crippen molar-refractivity contribution in [3.63, 3.8) is 0 Å². The molecule has 0 spiro atoms. The van der Waals surface area contributed by atoms with Gasteiger partial charge < -0.3 is 19.3 Å². The minimum absolute atomic E-state index is 0.239. The molecule has 0 heterocycles. The number of carbonyl (C=O) groups is 1. The normalized spacial score (nSPS) is 11.7. The minimum Gasteiger partial charge on any atom is -0.493 e. The Balaban J connectivity index is 1.42.